The van der Waals surface area contributed by atoms with E-state index < -0.39 is 17.7 Å². The lowest BCUT2D eigenvalue weighted by molar-refractivity contribution is -0.140. The van der Waals surface area contributed by atoms with Gasteiger partial charge >= 0.3 is 0 Å². The molecule has 0 spiro atoms. The van der Waals surface area contributed by atoms with Crippen LogP contribution >= 0.6 is 0 Å². The van der Waals surface area contributed by atoms with E-state index >= 15 is 0 Å². The van der Waals surface area contributed by atoms with Crippen LogP contribution in [0.2, 0.25) is 0 Å². The number of aryl methyl sites for hydroxylation is 2. The summed E-state index contributed by atoms with van der Waals surface area (Å²) in [7, 11) is 1.58. The summed E-state index contributed by atoms with van der Waals surface area (Å²) in [4.78, 5) is 27.8. The van der Waals surface area contributed by atoms with Gasteiger partial charge in [-0.3, -0.25) is 9.59 Å². The Bertz CT molecular complexity index is 1200. The van der Waals surface area contributed by atoms with E-state index in [2.05, 4.69) is 0 Å². The molecule has 1 unspecified atom stereocenters. The zero-order valence-electron chi connectivity index (χ0n) is 18.3. The van der Waals surface area contributed by atoms with Crippen molar-refractivity contribution in [3.63, 3.8) is 0 Å². The molecule has 3 aromatic rings. The number of Topliss-reactive ketones (excluding diaryl/α,β-unsaturated/α-hetero) is 1. The first-order valence-corrected chi connectivity index (χ1v) is 10.4. The number of carbonyl (C=O) groups excluding carboxylic acids is 2. The summed E-state index contributed by atoms with van der Waals surface area (Å²) in [6.07, 6.45) is 0. The summed E-state index contributed by atoms with van der Waals surface area (Å²) in [5, 5.41) is 11.3. The van der Waals surface area contributed by atoms with E-state index in [1.165, 1.54) is 4.90 Å². The molecule has 4 rings (SSSR count). The molecule has 0 aromatic heterocycles. The number of aliphatic hydroxyl groups is 1. The van der Waals surface area contributed by atoms with Crippen LogP contribution in [-0.4, -0.2) is 28.8 Å². The smallest absolute Gasteiger partial charge is 0.295 e. The quantitative estimate of drug-likeness (QED) is 0.356. The van der Waals surface area contributed by atoms with Gasteiger partial charge in [-0.1, -0.05) is 60.2 Å². The van der Waals surface area contributed by atoms with Crippen LogP contribution in [0.5, 0.6) is 5.75 Å². The fraction of sp³-hybridized carbons (Fsp3) is 0.185. The number of methoxy groups -OCH3 is 1. The molecule has 5 heteroatoms. The minimum Gasteiger partial charge on any atom is -0.507 e. The van der Waals surface area contributed by atoms with Gasteiger partial charge in [-0.25, -0.2) is 0 Å². The van der Waals surface area contributed by atoms with Crippen LogP contribution in [0.25, 0.3) is 5.76 Å². The minimum absolute atomic E-state index is 0.102. The Morgan fingerprint density at radius 2 is 1.66 bits per heavy atom. The van der Waals surface area contributed by atoms with Crippen molar-refractivity contribution >= 4 is 17.4 Å². The predicted octanol–water partition coefficient (Wildman–Crippen LogP) is 4.93. The summed E-state index contributed by atoms with van der Waals surface area (Å²) in [5.41, 5.74) is 4.07. The lowest BCUT2D eigenvalue weighted by Gasteiger charge is -2.25. The zero-order valence-corrected chi connectivity index (χ0v) is 18.3. The van der Waals surface area contributed by atoms with Gasteiger partial charge in [0, 0.05) is 12.1 Å². The Balaban J connectivity index is 1.89. The molecule has 0 saturated carbocycles. The van der Waals surface area contributed by atoms with Gasteiger partial charge in [-0.2, -0.15) is 0 Å². The molecular weight excluding hydrogens is 402 g/mol. The second kappa shape index (κ2) is 8.71. The molecule has 5 nitrogen and oxygen atoms in total. The number of carbonyl (C=O) groups is 2. The number of ether oxygens (including phenoxy) is 1. The topological polar surface area (TPSA) is 66.8 Å². The van der Waals surface area contributed by atoms with Gasteiger partial charge in [0.1, 0.15) is 11.5 Å². The molecule has 0 aliphatic carbocycles. The van der Waals surface area contributed by atoms with Crippen LogP contribution in [0, 0.1) is 13.8 Å². The van der Waals surface area contributed by atoms with Crippen molar-refractivity contribution < 1.29 is 19.4 Å². The molecule has 1 saturated heterocycles. The number of likely N-dealkylation sites (tertiary alicyclic amines) is 1. The van der Waals surface area contributed by atoms with Crippen LogP contribution in [0.1, 0.15) is 33.9 Å². The first-order chi connectivity index (χ1) is 15.4. The highest BCUT2D eigenvalue weighted by Crippen LogP contribution is 2.41. The Kier molecular flexibility index (Phi) is 5.82. The van der Waals surface area contributed by atoms with E-state index in [0.717, 1.165) is 22.3 Å². The highest BCUT2D eigenvalue weighted by molar-refractivity contribution is 6.46. The maximum absolute atomic E-state index is 13.2. The number of rotatable bonds is 5. The number of hydrogen-bond donors (Lipinski definition) is 1. The molecule has 1 heterocycles. The Morgan fingerprint density at radius 3 is 2.31 bits per heavy atom. The maximum atomic E-state index is 13.2. The fourth-order valence-corrected chi connectivity index (χ4v) is 4.09. The summed E-state index contributed by atoms with van der Waals surface area (Å²) in [6, 6.07) is 21.7. The summed E-state index contributed by atoms with van der Waals surface area (Å²) in [6.45, 7) is 4.05. The van der Waals surface area contributed by atoms with Crippen molar-refractivity contribution in [2.24, 2.45) is 0 Å². The second-order valence-electron chi connectivity index (χ2n) is 8.00. The third kappa shape index (κ3) is 3.89. The van der Waals surface area contributed by atoms with Crippen molar-refractivity contribution in [3.05, 3.63) is 106 Å². The average Bonchev–Trinajstić information content (AvgIpc) is 3.06. The molecule has 1 atom stereocenters. The fourth-order valence-electron chi connectivity index (χ4n) is 4.09. The molecular formula is C27H25NO4. The Morgan fingerprint density at radius 1 is 0.969 bits per heavy atom. The van der Waals surface area contributed by atoms with Crippen molar-refractivity contribution in [2.45, 2.75) is 26.4 Å². The Hall–Kier alpha value is -3.86. The first-order valence-electron chi connectivity index (χ1n) is 10.4. The van der Waals surface area contributed by atoms with E-state index in [9.17, 15) is 14.7 Å². The van der Waals surface area contributed by atoms with Crippen molar-refractivity contribution in [1.82, 2.24) is 4.90 Å². The van der Waals surface area contributed by atoms with E-state index in [-0.39, 0.29) is 17.9 Å². The number of benzene rings is 3. The van der Waals surface area contributed by atoms with Crippen LogP contribution in [-0.2, 0) is 16.1 Å². The van der Waals surface area contributed by atoms with E-state index in [4.69, 9.17) is 4.74 Å². The molecule has 1 amide bonds. The van der Waals surface area contributed by atoms with Crippen LogP contribution < -0.4 is 4.74 Å². The van der Waals surface area contributed by atoms with Crippen molar-refractivity contribution in [2.75, 3.05) is 7.11 Å². The molecule has 0 radical (unpaired) electrons. The Labute approximate surface area is 187 Å². The van der Waals surface area contributed by atoms with Gasteiger partial charge in [0.05, 0.1) is 18.7 Å². The number of hydrogen-bond acceptors (Lipinski definition) is 4. The zero-order chi connectivity index (χ0) is 22.8. The number of amides is 1. The van der Waals surface area contributed by atoms with Crippen LogP contribution in [0.3, 0.4) is 0 Å². The van der Waals surface area contributed by atoms with Crippen LogP contribution in [0.4, 0.5) is 0 Å². The third-order valence-corrected chi connectivity index (χ3v) is 5.82. The molecule has 1 N–H and O–H groups in total. The van der Waals surface area contributed by atoms with Gasteiger partial charge < -0.3 is 14.7 Å². The first kappa shape index (κ1) is 21.4. The molecule has 1 fully saturated rings. The molecule has 0 bridgehead atoms. The molecule has 1 aliphatic rings. The lowest BCUT2D eigenvalue weighted by Crippen LogP contribution is -2.29. The monoisotopic (exact) mass is 427 g/mol. The highest BCUT2D eigenvalue weighted by atomic mass is 16.5. The molecule has 32 heavy (non-hydrogen) atoms. The van der Waals surface area contributed by atoms with E-state index in [0.29, 0.717) is 11.3 Å². The SMILES string of the molecule is COc1ccc(C2C(=C(O)c3cc(C)ccc3C)C(=O)C(=O)N2Cc2ccccc2)cc1. The highest BCUT2D eigenvalue weighted by Gasteiger charge is 2.46. The second-order valence-corrected chi connectivity index (χ2v) is 8.00. The third-order valence-electron chi connectivity index (χ3n) is 5.82. The van der Waals surface area contributed by atoms with Crippen molar-refractivity contribution in [1.29, 1.82) is 0 Å². The van der Waals surface area contributed by atoms with Gasteiger partial charge in [0.2, 0.25) is 0 Å². The summed E-state index contributed by atoms with van der Waals surface area (Å²) in [5.74, 6) is -0.786. The van der Waals surface area contributed by atoms with Gasteiger partial charge in [-0.05, 0) is 48.7 Å². The lowest BCUT2D eigenvalue weighted by atomic mass is 9.93. The largest absolute Gasteiger partial charge is 0.507 e. The molecule has 1 aliphatic heterocycles. The molecule has 162 valence electrons. The van der Waals surface area contributed by atoms with E-state index in [1.807, 2.05) is 74.5 Å². The van der Waals surface area contributed by atoms with Gasteiger partial charge in [0.15, 0.2) is 0 Å². The predicted molar refractivity (Wildman–Crippen MR) is 123 cm³/mol. The molecule has 3 aromatic carbocycles. The average molecular weight is 428 g/mol. The summed E-state index contributed by atoms with van der Waals surface area (Å²) >= 11 is 0. The van der Waals surface area contributed by atoms with Crippen molar-refractivity contribution in [3.8, 4) is 5.75 Å². The van der Waals surface area contributed by atoms with Crippen LogP contribution in [0.15, 0.2) is 78.4 Å². The summed E-state index contributed by atoms with van der Waals surface area (Å²) < 4.78 is 5.26. The number of nitrogens with zero attached hydrogens (tertiary/aromatic N) is 1. The normalized spacial score (nSPS) is 17.6. The van der Waals surface area contributed by atoms with Gasteiger partial charge in [0.25, 0.3) is 11.7 Å². The number of aliphatic hydroxyl groups excluding tert-OH is 1. The van der Waals surface area contributed by atoms with E-state index in [1.54, 1.807) is 19.2 Å². The maximum Gasteiger partial charge on any atom is 0.295 e. The standard InChI is InChI=1S/C27H25NO4/c1-17-9-10-18(2)22(15-17)25(29)23-24(20-11-13-21(32-3)14-12-20)28(27(31)26(23)30)16-19-7-5-4-6-8-19/h4-15,24,29H,16H2,1-3H3. The van der Waals surface area contributed by atoms with Gasteiger partial charge in [-0.15, -0.1) is 0 Å². The minimum atomic E-state index is -0.707. The number of ketones is 1.